The first-order valence-electron chi connectivity index (χ1n) is 21.4. The molecule has 4 saturated heterocycles. The molecule has 4 aliphatic heterocycles. The number of amides is 3. The van der Waals surface area contributed by atoms with E-state index in [4.69, 9.17) is 19.2 Å². The van der Waals surface area contributed by atoms with E-state index >= 15 is 4.39 Å². The van der Waals surface area contributed by atoms with Crippen LogP contribution in [0.3, 0.4) is 0 Å². The van der Waals surface area contributed by atoms with E-state index in [1.807, 2.05) is 11.0 Å². The maximum absolute atomic E-state index is 15.5. The number of aryl methyl sites for hydroxylation is 1. The fourth-order valence-corrected chi connectivity index (χ4v) is 9.88. The van der Waals surface area contributed by atoms with Crippen molar-refractivity contribution in [2.24, 2.45) is 13.0 Å². The summed E-state index contributed by atoms with van der Waals surface area (Å²) in [6, 6.07) is 4.38. The molecule has 8 heterocycles. The molecule has 10 rings (SSSR count). The standard InChI is InChI=1S/C43H46F3N11O7/c1-52-38-27(33(62-2)7-5-31(38)57(43(52)61)32-6-8-36(58)50-42(32)60)4-3-13-63-34-9-11-53(20-29(34)44)18-23-14-24(15-23)56-21-30(37(51-56)39(45)46)48-41(59)28-17-47-55-12-10-35(49-40(28)55)54-19-26-16-25(54)22-64-26/h5,7,10,12,17,21,23-26,29,32,34,39H,6,8-9,11,13-16,18-20,22H2,1-2H3,(H,48,59)(H,50,58,60)/t23?,24?,25-,26-,29+,32?,34-/m1/s1. The Kier molecular flexibility index (Phi) is 10.9. The van der Waals surface area contributed by atoms with Crippen LogP contribution < -0.4 is 26.0 Å². The highest BCUT2D eigenvalue weighted by Crippen LogP contribution is 2.40. The number of ether oxygens (including phenoxy) is 3. The van der Waals surface area contributed by atoms with E-state index < -0.39 is 47.9 Å². The molecule has 2 bridgehead atoms. The van der Waals surface area contributed by atoms with Gasteiger partial charge in [-0.25, -0.2) is 27.5 Å². The van der Waals surface area contributed by atoms with Crippen LogP contribution in [0, 0.1) is 17.8 Å². The molecule has 1 unspecified atom stereocenters. The molecule has 21 heteroatoms. The van der Waals surface area contributed by atoms with Crippen LogP contribution in [0.4, 0.5) is 24.7 Å². The number of piperidine rings is 2. The number of likely N-dealkylation sites (tertiary alicyclic amines) is 1. The topological polar surface area (TPSA) is 184 Å². The highest BCUT2D eigenvalue weighted by molar-refractivity contribution is 6.08. The lowest BCUT2D eigenvalue weighted by Crippen LogP contribution is -2.48. The van der Waals surface area contributed by atoms with Crippen LogP contribution in [0.1, 0.15) is 78.6 Å². The van der Waals surface area contributed by atoms with Crippen molar-refractivity contribution in [3.05, 3.63) is 64.1 Å². The van der Waals surface area contributed by atoms with Crippen LogP contribution in [-0.4, -0.2) is 127 Å². The fourth-order valence-electron chi connectivity index (χ4n) is 9.88. The largest absolute Gasteiger partial charge is 0.495 e. The van der Waals surface area contributed by atoms with Crippen molar-refractivity contribution < 1.29 is 41.8 Å². The summed E-state index contributed by atoms with van der Waals surface area (Å²) < 4.78 is 66.8. The number of methoxy groups -OCH3 is 1. The molecule has 3 amide bonds. The van der Waals surface area contributed by atoms with Gasteiger partial charge in [-0.05, 0) is 56.2 Å². The zero-order valence-corrected chi connectivity index (χ0v) is 35.1. The summed E-state index contributed by atoms with van der Waals surface area (Å²) in [6.45, 7) is 2.66. The van der Waals surface area contributed by atoms with Gasteiger partial charge in [0.2, 0.25) is 11.8 Å². The lowest BCUT2D eigenvalue weighted by Gasteiger charge is -2.41. The Hall–Kier alpha value is -6.24. The minimum absolute atomic E-state index is 0.0731. The predicted molar refractivity (Wildman–Crippen MR) is 223 cm³/mol. The summed E-state index contributed by atoms with van der Waals surface area (Å²) in [7, 11) is 3.05. The third-order valence-corrected chi connectivity index (χ3v) is 13.2. The molecule has 1 saturated carbocycles. The van der Waals surface area contributed by atoms with E-state index in [1.54, 1.807) is 25.4 Å². The molecule has 336 valence electrons. The maximum Gasteiger partial charge on any atom is 0.329 e. The normalized spacial score (nSPS) is 25.8. The number of nitrogens with zero attached hydrogens (tertiary/aromatic N) is 9. The number of benzene rings is 1. The van der Waals surface area contributed by atoms with Gasteiger partial charge in [-0.15, -0.1) is 0 Å². The zero-order chi connectivity index (χ0) is 44.4. The molecule has 18 nitrogen and oxygen atoms in total. The van der Waals surface area contributed by atoms with Crippen LogP contribution in [0.15, 0.2) is 41.6 Å². The zero-order valence-electron chi connectivity index (χ0n) is 35.1. The molecule has 5 atom stereocenters. The Labute approximate surface area is 363 Å². The molecule has 2 N–H and O–H groups in total. The lowest BCUT2D eigenvalue weighted by atomic mass is 9.79. The number of imidazole rings is 1. The average Bonchev–Trinajstić information content (AvgIpc) is 4.11. The van der Waals surface area contributed by atoms with Crippen molar-refractivity contribution in [3.8, 4) is 17.6 Å². The second-order valence-corrected chi connectivity index (χ2v) is 17.2. The molecule has 5 aliphatic rings. The monoisotopic (exact) mass is 885 g/mol. The second-order valence-electron chi connectivity index (χ2n) is 17.2. The summed E-state index contributed by atoms with van der Waals surface area (Å²) in [5.41, 5.74) is 0.759. The van der Waals surface area contributed by atoms with Gasteiger partial charge in [-0.1, -0.05) is 11.8 Å². The number of hydrogen-bond acceptors (Lipinski definition) is 12. The third-order valence-electron chi connectivity index (χ3n) is 13.2. The molecule has 64 heavy (non-hydrogen) atoms. The number of nitrogens with one attached hydrogen (secondary N) is 2. The first-order valence-corrected chi connectivity index (χ1v) is 21.4. The molecular weight excluding hydrogens is 840 g/mol. The van der Waals surface area contributed by atoms with Gasteiger partial charge in [0.1, 0.15) is 36.0 Å². The summed E-state index contributed by atoms with van der Waals surface area (Å²) >= 11 is 0. The number of imide groups is 1. The number of anilines is 2. The molecular formula is C43H46F3N11O7. The summed E-state index contributed by atoms with van der Waals surface area (Å²) in [4.78, 5) is 60.2. The van der Waals surface area contributed by atoms with Gasteiger partial charge < -0.3 is 24.4 Å². The lowest BCUT2D eigenvalue weighted by molar-refractivity contribution is -0.135. The van der Waals surface area contributed by atoms with Crippen molar-refractivity contribution >= 4 is 45.9 Å². The predicted octanol–water partition coefficient (Wildman–Crippen LogP) is 3.16. The summed E-state index contributed by atoms with van der Waals surface area (Å²) in [5, 5.41) is 13.4. The van der Waals surface area contributed by atoms with Crippen LogP contribution in [0.25, 0.3) is 16.7 Å². The van der Waals surface area contributed by atoms with E-state index in [1.165, 1.54) is 37.8 Å². The number of halogens is 3. The van der Waals surface area contributed by atoms with Crippen molar-refractivity contribution in [1.82, 2.24) is 43.7 Å². The van der Waals surface area contributed by atoms with Gasteiger partial charge in [0, 0.05) is 52.0 Å². The number of hydrogen-bond donors (Lipinski definition) is 2. The smallest absolute Gasteiger partial charge is 0.329 e. The van der Waals surface area contributed by atoms with Crippen LogP contribution in [-0.2, 0) is 26.1 Å². The van der Waals surface area contributed by atoms with Crippen molar-refractivity contribution in [2.45, 2.75) is 81.5 Å². The van der Waals surface area contributed by atoms with Gasteiger partial charge in [0.05, 0.1) is 66.5 Å². The van der Waals surface area contributed by atoms with Crippen molar-refractivity contribution in [3.63, 3.8) is 0 Å². The number of carbonyl (C=O) groups is 3. The Morgan fingerprint density at radius 3 is 2.69 bits per heavy atom. The number of fused-ring (bicyclic) bond motifs is 4. The number of aromatic nitrogens is 7. The van der Waals surface area contributed by atoms with E-state index in [2.05, 4.69) is 37.6 Å². The Balaban J connectivity index is 0.729. The van der Waals surface area contributed by atoms with Gasteiger partial charge in [0.15, 0.2) is 11.3 Å². The Morgan fingerprint density at radius 2 is 1.95 bits per heavy atom. The van der Waals surface area contributed by atoms with Crippen LogP contribution >= 0.6 is 0 Å². The minimum atomic E-state index is -2.92. The van der Waals surface area contributed by atoms with E-state index in [-0.39, 0.29) is 67.3 Å². The molecule has 4 aromatic heterocycles. The van der Waals surface area contributed by atoms with Gasteiger partial charge in [-0.3, -0.25) is 38.4 Å². The van der Waals surface area contributed by atoms with Crippen LogP contribution in [0.5, 0.6) is 5.75 Å². The summed E-state index contributed by atoms with van der Waals surface area (Å²) in [6.07, 6.45) is 2.82. The molecule has 1 aliphatic carbocycles. The fraction of sp³-hybridized carbons (Fsp3) is 0.512. The number of morpholine rings is 1. The Morgan fingerprint density at radius 1 is 1.11 bits per heavy atom. The molecule has 5 fully saturated rings. The number of alkyl halides is 3. The van der Waals surface area contributed by atoms with Crippen LogP contribution in [0.2, 0.25) is 0 Å². The third kappa shape index (κ3) is 7.56. The molecule has 0 spiro atoms. The van der Waals surface area contributed by atoms with E-state index in [0.717, 1.165) is 6.42 Å². The SMILES string of the molecule is COc1ccc2c(c1C#CCO[C@@H]1CCN(CC3CC(n4cc(NC(=O)c5cnn6ccc(N7C[C@H]8C[C@@H]7CO8)nc56)c(C(F)F)n4)C3)C[C@@H]1F)n(C)c(=O)n2C1CCC(=O)NC1=O. The summed E-state index contributed by atoms with van der Waals surface area (Å²) in [5.74, 6) is 5.75. The highest BCUT2D eigenvalue weighted by Gasteiger charge is 2.40. The Bertz CT molecular complexity index is 2790. The first kappa shape index (κ1) is 41.8. The molecule has 5 aromatic rings. The highest BCUT2D eigenvalue weighted by atomic mass is 19.3. The first-order chi connectivity index (χ1) is 30.9. The average molecular weight is 886 g/mol. The second kappa shape index (κ2) is 16.7. The number of carbonyl (C=O) groups excluding carboxylic acids is 3. The van der Waals surface area contributed by atoms with Gasteiger partial charge >= 0.3 is 5.69 Å². The quantitative estimate of drug-likeness (QED) is 0.146. The van der Waals surface area contributed by atoms with Gasteiger partial charge in [0.25, 0.3) is 12.3 Å². The number of rotatable bonds is 11. The minimum Gasteiger partial charge on any atom is -0.495 e. The van der Waals surface area contributed by atoms with Gasteiger partial charge in [-0.2, -0.15) is 10.2 Å². The van der Waals surface area contributed by atoms with E-state index in [9.17, 15) is 28.0 Å². The van der Waals surface area contributed by atoms with Crippen molar-refractivity contribution in [1.29, 1.82) is 0 Å². The molecule has 0 radical (unpaired) electrons. The maximum atomic E-state index is 15.5. The van der Waals surface area contributed by atoms with Crippen molar-refractivity contribution in [2.75, 3.05) is 56.7 Å². The van der Waals surface area contributed by atoms with E-state index in [0.29, 0.717) is 79.3 Å². The molecule has 1 aromatic carbocycles.